The molecule has 1 aromatic carbocycles. The Morgan fingerprint density at radius 3 is 2.96 bits per heavy atom. The van der Waals surface area contributed by atoms with Gasteiger partial charge in [-0.3, -0.25) is 4.79 Å². The number of aliphatic hydroxyl groups is 1. The lowest BCUT2D eigenvalue weighted by Gasteiger charge is -2.09. The Bertz CT molecular complexity index is 676. The Balaban J connectivity index is 1.97. The number of halogens is 2. The van der Waals surface area contributed by atoms with Crippen LogP contribution in [0.5, 0.6) is 0 Å². The van der Waals surface area contributed by atoms with Crippen molar-refractivity contribution in [3.63, 3.8) is 0 Å². The highest BCUT2D eigenvalue weighted by Gasteiger charge is 2.12. The molecule has 1 amide bonds. The van der Waals surface area contributed by atoms with Gasteiger partial charge in [-0.2, -0.15) is 5.10 Å². The molecule has 0 aliphatic carbocycles. The molecule has 1 aromatic heterocycles. The van der Waals surface area contributed by atoms with Gasteiger partial charge in [0.1, 0.15) is 11.5 Å². The normalized spacial score (nSPS) is 12.2. The van der Waals surface area contributed by atoms with Crippen LogP contribution in [0.4, 0.5) is 8.78 Å². The highest BCUT2D eigenvalue weighted by molar-refractivity contribution is 5.93. The molecule has 2 N–H and O–H groups in total. The number of carbonyl (C=O) groups excluding carboxylic acids is 1. The summed E-state index contributed by atoms with van der Waals surface area (Å²) in [5.74, 6) is -1.86. The predicted octanol–water partition coefficient (Wildman–Crippen LogP) is 1.28. The van der Waals surface area contributed by atoms with Crippen molar-refractivity contribution in [2.24, 2.45) is 0 Å². The third-order valence-corrected chi connectivity index (χ3v) is 3.12. The van der Waals surface area contributed by atoms with Crippen LogP contribution in [0.3, 0.4) is 0 Å². The van der Waals surface area contributed by atoms with Gasteiger partial charge in [-0.25, -0.2) is 13.5 Å². The number of benzene rings is 1. The number of nitrogens with one attached hydrogen (secondary N) is 1. The monoisotopic (exact) mass is 325 g/mol. The summed E-state index contributed by atoms with van der Waals surface area (Å²) in [5.41, 5.74) is 0.274. The molecule has 23 heavy (non-hydrogen) atoms. The lowest BCUT2D eigenvalue weighted by molar-refractivity contribution is 0.0587. The van der Waals surface area contributed by atoms with Crippen LogP contribution in [-0.4, -0.2) is 47.2 Å². The summed E-state index contributed by atoms with van der Waals surface area (Å²) in [6, 6.07) is 3.09. The van der Waals surface area contributed by atoms with Crippen LogP contribution in [-0.2, 0) is 4.74 Å². The number of aromatic nitrogens is 2. The summed E-state index contributed by atoms with van der Waals surface area (Å²) < 4.78 is 32.5. The van der Waals surface area contributed by atoms with Crippen molar-refractivity contribution in [2.75, 3.05) is 20.3 Å². The fraction of sp³-hybridized carbons (Fsp3) is 0.333. The van der Waals surface area contributed by atoms with Crippen LogP contribution in [0, 0.1) is 11.6 Å². The van der Waals surface area contributed by atoms with E-state index in [0.717, 1.165) is 16.8 Å². The van der Waals surface area contributed by atoms with Crippen molar-refractivity contribution >= 4 is 5.91 Å². The summed E-state index contributed by atoms with van der Waals surface area (Å²) >= 11 is 0. The molecule has 0 saturated heterocycles. The Kier molecular flexibility index (Phi) is 5.78. The molecule has 1 heterocycles. The maximum atomic E-state index is 13.7. The SMILES string of the molecule is COCC(O)CCNC(=O)c1cnn(-c2ccc(F)cc2F)c1. The standard InChI is InChI=1S/C15H17F2N3O3/c1-23-9-12(21)4-5-18-15(22)10-7-19-20(8-10)14-3-2-11(16)6-13(14)17/h2-3,6-8,12,21H,4-5,9H2,1H3,(H,18,22). The van der Waals surface area contributed by atoms with Gasteiger partial charge in [0.05, 0.1) is 24.5 Å². The number of nitrogens with zero attached hydrogens (tertiary/aromatic N) is 2. The van der Waals surface area contributed by atoms with E-state index in [2.05, 4.69) is 10.4 Å². The molecular formula is C15H17F2N3O3. The highest BCUT2D eigenvalue weighted by atomic mass is 19.1. The molecule has 8 heteroatoms. The van der Waals surface area contributed by atoms with E-state index >= 15 is 0 Å². The number of aliphatic hydroxyl groups excluding tert-OH is 1. The van der Waals surface area contributed by atoms with Crippen LogP contribution >= 0.6 is 0 Å². The quantitative estimate of drug-likeness (QED) is 0.804. The second kappa shape index (κ2) is 7.80. The van der Waals surface area contributed by atoms with Gasteiger partial charge < -0.3 is 15.2 Å². The smallest absolute Gasteiger partial charge is 0.254 e. The zero-order valence-corrected chi connectivity index (χ0v) is 12.5. The molecule has 0 radical (unpaired) electrons. The molecule has 124 valence electrons. The molecular weight excluding hydrogens is 308 g/mol. The first kappa shape index (κ1) is 17.0. The molecule has 0 saturated carbocycles. The largest absolute Gasteiger partial charge is 0.391 e. The summed E-state index contributed by atoms with van der Waals surface area (Å²) in [5, 5.41) is 16.0. The minimum atomic E-state index is -0.775. The van der Waals surface area contributed by atoms with Crippen molar-refractivity contribution in [1.29, 1.82) is 0 Å². The Morgan fingerprint density at radius 1 is 1.48 bits per heavy atom. The number of methoxy groups -OCH3 is 1. The fourth-order valence-corrected chi connectivity index (χ4v) is 1.97. The summed E-state index contributed by atoms with van der Waals surface area (Å²) in [4.78, 5) is 11.9. The highest BCUT2D eigenvalue weighted by Crippen LogP contribution is 2.14. The van der Waals surface area contributed by atoms with E-state index in [9.17, 15) is 18.7 Å². The second-order valence-corrected chi connectivity index (χ2v) is 4.92. The topological polar surface area (TPSA) is 76.4 Å². The van der Waals surface area contributed by atoms with Gasteiger partial charge in [0.25, 0.3) is 5.91 Å². The van der Waals surface area contributed by atoms with Crippen LogP contribution in [0.2, 0.25) is 0 Å². The van der Waals surface area contributed by atoms with Crippen molar-refractivity contribution < 1.29 is 23.4 Å². The molecule has 0 aliphatic rings. The number of ether oxygens (including phenoxy) is 1. The zero-order chi connectivity index (χ0) is 16.8. The Labute approximate surface area is 131 Å². The minimum Gasteiger partial charge on any atom is -0.391 e. The van der Waals surface area contributed by atoms with Gasteiger partial charge in [-0.1, -0.05) is 0 Å². The van der Waals surface area contributed by atoms with E-state index in [1.165, 1.54) is 25.6 Å². The molecule has 1 atom stereocenters. The molecule has 0 bridgehead atoms. The van der Waals surface area contributed by atoms with E-state index in [1.807, 2.05) is 0 Å². The van der Waals surface area contributed by atoms with Gasteiger partial charge >= 0.3 is 0 Å². The minimum absolute atomic E-state index is 0.0426. The number of rotatable bonds is 7. The maximum Gasteiger partial charge on any atom is 0.254 e. The van der Waals surface area contributed by atoms with E-state index in [-0.39, 0.29) is 24.4 Å². The number of hydrogen-bond donors (Lipinski definition) is 2. The summed E-state index contributed by atoms with van der Waals surface area (Å²) in [6.07, 6.45) is 2.32. The fourth-order valence-electron chi connectivity index (χ4n) is 1.97. The van der Waals surface area contributed by atoms with Crippen molar-refractivity contribution in [3.05, 3.63) is 47.8 Å². The van der Waals surface area contributed by atoms with Crippen molar-refractivity contribution in [3.8, 4) is 5.69 Å². The van der Waals surface area contributed by atoms with Crippen molar-refractivity contribution in [1.82, 2.24) is 15.1 Å². The number of amides is 1. The van der Waals surface area contributed by atoms with Crippen LogP contribution in [0.25, 0.3) is 5.69 Å². The van der Waals surface area contributed by atoms with E-state index in [1.54, 1.807) is 0 Å². The van der Waals surface area contributed by atoms with Gasteiger partial charge in [0, 0.05) is 25.9 Å². The van der Waals surface area contributed by atoms with Gasteiger partial charge in [-0.15, -0.1) is 0 Å². The molecule has 0 fully saturated rings. The molecule has 0 aliphatic heterocycles. The van der Waals surface area contributed by atoms with Crippen LogP contribution in [0.1, 0.15) is 16.8 Å². The molecule has 0 spiro atoms. The van der Waals surface area contributed by atoms with E-state index in [4.69, 9.17) is 4.74 Å². The first-order chi connectivity index (χ1) is 11.0. The van der Waals surface area contributed by atoms with Gasteiger partial charge in [0.15, 0.2) is 5.82 Å². The molecule has 1 unspecified atom stereocenters. The Morgan fingerprint density at radius 2 is 2.26 bits per heavy atom. The summed E-state index contributed by atoms with van der Waals surface area (Å²) in [7, 11) is 1.48. The first-order valence-electron chi connectivity index (χ1n) is 6.96. The lowest BCUT2D eigenvalue weighted by atomic mass is 10.2. The number of hydrogen-bond acceptors (Lipinski definition) is 4. The Hall–Kier alpha value is -2.32. The lowest BCUT2D eigenvalue weighted by Crippen LogP contribution is -2.28. The average molecular weight is 325 g/mol. The molecule has 2 aromatic rings. The van der Waals surface area contributed by atoms with Gasteiger partial charge in [0.2, 0.25) is 0 Å². The zero-order valence-electron chi connectivity index (χ0n) is 12.5. The average Bonchev–Trinajstić information content (AvgIpc) is 2.97. The van der Waals surface area contributed by atoms with Gasteiger partial charge in [-0.05, 0) is 18.6 Å². The maximum absolute atomic E-state index is 13.7. The third kappa shape index (κ3) is 4.57. The molecule has 6 nitrogen and oxygen atoms in total. The predicted molar refractivity (Wildman–Crippen MR) is 78.3 cm³/mol. The number of carbonyl (C=O) groups is 1. The first-order valence-corrected chi connectivity index (χ1v) is 6.96. The third-order valence-electron chi connectivity index (χ3n) is 3.12. The molecule has 2 rings (SSSR count). The second-order valence-electron chi connectivity index (χ2n) is 4.92. The van der Waals surface area contributed by atoms with Crippen LogP contribution < -0.4 is 5.32 Å². The van der Waals surface area contributed by atoms with Crippen LogP contribution in [0.15, 0.2) is 30.6 Å². The summed E-state index contributed by atoms with van der Waals surface area (Å²) in [6.45, 7) is 0.455. The van der Waals surface area contributed by atoms with E-state index < -0.39 is 23.6 Å². The van der Waals surface area contributed by atoms with E-state index in [0.29, 0.717) is 6.42 Å². The van der Waals surface area contributed by atoms with Crippen molar-refractivity contribution in [2.45, 2.75) is 12.5 Å².